The fourth-order valence-corrected chi connectivity index (χ4v) is 7.28. The zero-order valence-corrected chi connectivity index (χ0v) is 29.6. The molecule has 1 aliphatic heterocycles. The minimum atomic E-state index is -1.13. The molecule has 0 aromatic rings. The summed E-state index contributed by atoms with van der Waals surface area (Å²) in [7, 11) is 0. The molecule has 0 radical (unpaired) electrons. The van der Waals surface area contributed by atoms with E-state index < -0.39 is 41.5 Å². The van der Waals surface area contributed by atoms with Gasteiger partial charge in [0, 0.05) is 36.6 Å². The Kier molecular flexibility index (Phi) is 16.5. The molecule has 4 unspecified atom stereocenters. The molecule has 1 heterocycles. The van der Waals surface area contributed by atoms with Gasteiger partial charge in [0.25, 0.3) is 0 Å². The third-order valence-corrected chi connectivity index (χ3v) is 10.0. The molecule has 268 valence electrons. The summed E-state index contributed by atoms with van der Waals surface area (Å²) < 4.78 is 0. The van der Waals surface area contributed by atoms with Crippen molar-refractivity contribution in [3.05, 3.63) is 0 Å². The summed E-state index contributed by atoms with van der Waals surface area (Å²) in [4.78, 5) is 75.3. The Bertz CT molecular complexity index is 1070. The van der Waals surface area contributed by atoms with Gasteiger partial charge in [-0.15, -0.1) is 0 Å². The molecule has 6 atom stereocenters. The number of amides is 4. The molecule has 11 heteroatoms. The summed E-state index contributed by atoms with van der Waals surface area (Å²) in [5.74, 6) is -2.43. The lowest BCUT2D eigenvalue weighted by Crippen LogP contribution is -2.55. The number of ketones is 1. The zero-order valence-electron chi connectivity index (χ0n) is 29.6. The number of hydrogen-bond acceptors (Lipinski definition) is 7. The van der Waals surface area contributed by atoms with Gasteiger partial charge in [-0.2, -0.15) is 0 Å². The molecule has 11 nitrogen and oxygen atoms in total. The molecule has 2 fully saturated rings. The standard InChI is InChI=1S/C36H61N3O8/c1-23-18-24(2)33(44)28(19-23)29(40)20-27-21-31(42)39(32(43)22-27)36(5,6)17-15-13-11-9-7-8-10-12-14-16-30(41)37-25(3)34(45)38-26(4)35(46)47/h23-29,40H,7-22H2,1-6H3,(H,37,41)(H,38,45)(H,46,47)/t23-,24-,25?,26?,28?,29?/m0/s1. The second kappa shape index (κ2) is 19.2. The van der Waals surface area contributed by atoms with Crippen molar-refractivity contribution < 1.29 is 39.0 Å². The van der Waals surface area contributed by atoms with Gasteiger partial charge in [-0.3, -0.25) is 33.7 Å². The maximum atomic E-state index is 13.1. The van der Waals surface area contributed by atoms with E-state index >= 15 is 0 Å². The Balaban J connectivity index is 1.57. The molecule has 1 saturated carbocycles. The molecule has 4 amide bonds. The molecule has 0 bridgehead atoms. The van der Waals surface area contributed by atoms with E-state index in [4.69, 9.17) is 5.11 Å². The fraction of sp³-hybridized carbons (Fsp3) is 0.833. The average molecular weight is 664 g/mol. The molecule has 47 heavy (non-hydrogen) atoms. The molecule has 2 aliphatic rings. The van der Waals surface area contributed by atoms with E-state index in [1.807, 2.05) is 20.8 Å². The third-order valence-electron chi connectivity index (χ3n) is 10.0. The van der Waals surface area contributed by atoms with Crippen LogP contribution in [-0.2, 0) is 28.8 Å². The number of likely N-dealkylation sites (tertiary alicyclic amines) is 1. The molecular formula is C36H61N3O8. The van der Waals surface area contributed by atoms with Gasteiger partial charge in [-0.25, -0.2) is 0 Å². The highest BCUT2D eigenvalue weighted by Crippen LogP contribution is 2.37. The number of carbonyl (C=O) groups excluding carboxylic acids is 5. The van der Waals surface area contributed by atoms with Crippen molar-refractivity contribution in [3.63, 3.8) is 0 Å². The number of unbranched alkanes of at least 4 members (excludes halogenated alkanes) is 8. The van der Waals surface area contributed by atoms with Crippen LogP contribution in [-0.4, -0.2) is 74.2 Å². The predicted molar refractivity (Wildman–Crippen MR) is 179 cm³/mol. The van der Waals surface area contributed by atoms with Crippen molar-refractivity contribution >= 4 is 35.4 Å². The number of nitrogens with one attached hydrogen (secondary N) is 2. The molecule has 0 aromatic carbocycles. The maximum absolute atomic E-state index is 13.1. The lowest BCUT2D eigenvalue weighted by Gasteiger charge is -2.42. The van der Waals surface area contributed by atoms with Gasteiger partial charge < -0.3 is 20.8 Å². The second-order valence-corrected chi connectivity index (χ2v) is 15.0. The first-order chi connectivity index (χ1) is 22.0. The quantitative estimate of drug-likeness (QED) is 0.105. The molecular weight excluding hydrogens is 602 g/mol. The highest BCUT2D eigenvalue weighted by atomic mass is 16.4. The van der Waals surface area contributed by atoms with Crippen LogP contribution in [0.25, 0.3) is 0 Å². The SMILES string of the molecule is CC(NC(=O)C(C)NC(=O)CCCCCCCCCCCC(C)(C)N1C(=O)CC(CC(O)C2C[C@@H](C)C[C@H](C)C2=O)CC1=O)C(=O)O. The lowest BCUT2D eigenvalue weighted by molar-refractivity contribution is -0.157. The Morgan fingerprint density at radius 2 is 1.36 bits per heavy atom. The normalized spacial score (nSPS) is 22.9. The highest BCUT2D eigenvalue weighted by Gasteiger charge is 2.43. The van der Waals surface area contributed by atoms with Gasteiger partial charge in [-0.05, 0) is 71.6 Å². The summed E-state index contributed by atoms with van der Waals surface area (Å²) in [5, 5.41) is 24.7. The van der Waals surface area contributed by atoms with E-state index in [0.717, 1.165) is 70.6 Å². The molecule has 2 rings (SSSR count). The minimum Gasteiger partial charge on any atom is -0.480 e. The number of aliphatic carboxylic acids is 1. The topological polar surface area (TPSA) is 170 Å². The highest BCUT2D eigenvalue weighted by molar-refractivity contribution is 5.98. The van der Waals surface area contributed by atoms with Crippen molar-refractivity contribution in [2.45, 2.75) is 168 Å². The number of nitrogens with zero attached hydrogens (tertiary/aromatic N) is 1. The molecule has 1 aliphatic carbocycles. The van der Waals surface area contributed by atoms with Gasteiger partial charge in [0.15, 0.2) is 0 Å². The first-order valence-electron chi connectivity index (χ1n) is 17.9. The van der Waals surface area contributed by atoms with Gasteiger partial charge in [0.2, 0.25) is 23.6 Å². The van der Waals surface area contributed by atoms with Crippen molar-refractivity contribution in [1.29, 1.82) is 0 Å². The number of Topliss-reactive ketones (excluding diaryl/α,β-unsaturated/α-hetero) is 1. The summed E-state index contributed by atoms with van der Waals surface area (Å²) >= 11 is 0. The smallest absolute Gasteiger partial charge is 0.325 e. The van der Waals surface area contributed by atoms with Crippen molar-refractivity contribution in [2.24, 2.45) is 23.7 Å². The van der Waals surface area contributed by atoms with Gasteiger partial charge in [-0.1, -0.05) is 65.2 Å². The average Bonchev–Trinajstić information content (AvgIpc) is 2.96. The zero-order chi connectivity index (χ0) is 35.3. The number of rotatable bonds is 20. The van der Waals surface area contributed by atoms with Crippen LogP contribution in [0.1, 0.15) is 144 Å². The summed E-state index contributed by atoms with van der Waals surface area (Å²) in [6, 6.07) is -1.80. The van der Waals surface area contributed by atoms with Crippen LogP contribution in [0.2, 0.25) is 0 Å². The molecule has 0 aromatic heterocycles. The first kappa shape index (κ1) is 40.4. The maximum Gasteiger partial charge on any atom is 0.325 e. The van der Waals surface area contributed by atoms with Gasteiger partial charge >= 0.3 is 5.97 Å². The molecule has 4 N–H and O–H groups in total. The number of carbonyl (C=O) groups is 6. The van der Waals surface area contributed by atoms with Crippen molar-refractivity contribution in [1.82, 2.24) is 15.5 Å². The lowest BCUT2D eigenvalue weighted by atomic mass is 9.71. The number of carboxylic acids is 1. The van der Waals surface area contributed by atoms with Crippen LogP contribution < -0.4 is 10.6 Å². The Morgan fingerprint density at radius 1 is 0.830 bits per heavy atom. The van der Waals surface area contributed by atoms with Gasteiger partial charge in [0.05, 0.1) is 6.10 Å². The second-order valence-electron chi connectivity index (χ2n) is 15.0. The van der Waals surface area contributed by atoms with E-state index in [1.165, 1.54) is 18.7 Å². The summed E-state index contributed by atoms with van der Waals surface area (Å²) in [6.07, 6.45) is 11.6. The third kappa shape index (κ3) is 13.3. The number of hydrogen-bond donors (Lipinski definition) is 4. The Morgan fingerprint density at radius 3 is 1.91 bits per heavy atom. The Hall–Kier alpha value is -2.82. The van der Waals surface area contributed by atoms with Crippen LogP contribution in [0, 0.1) is 23.7 Å². The number of aliphatic hydroxyl groups is 1. The van der Waals surface area contributed by atoms with E-state index in [0.29, 0.717) is 25.2 Å². The van der Waals surface area contributed by atoms with Crippen LogP contribution in [0.4, 0.5) is 0 Å². The largest absolute Gasteiger partial charge is 0.480 e. The number of imide groups is 1. The number of carboxylic acid groups (broad SMARTS) is 1. The monoisotopic (exact) mass is 663 g/mol. The number of piperidine rings is 1. The molecule has 0 spiro atoms. The predicted octanol–water partition coefficient (Wildman–Crippen LogP) is 4.92. The molecule has 1 saturated heterocycles. The van der Waals surface area contributed by atoms with E-state index in [9.17, 15) is 33.9 Å². The first-order valence-corrected chi connectivity index (χ1v) is 17.9. The number of aliphatic hydroxyl groups excluding tert-OH is 1. The van der Waals surface area contributed by atoms with Crippen LogP contribution in [0.3, 0.4) is 0 Å². The minimum absolute atomic E-state index is 0.0559. The van der Waals surface area contributed by atoms with E-state index in [2.05, 4.69) is 17.6 Å². The van der Waals surface area contributed by atoms with Crippen molar-refractivity contribution in [3.8, 4) is 0 Å². The van der Waals surface area contributed by atoms with Crippen LogP contribution in [0.5, 0.6) is 0 Å². The Labute approximate surface area is 281 Å². The van der Waals surface area contributed by atoms with E-state index in [-0.39, 0.29) is 48.2 Å². The van der Waals surface area contributed by atoms with E-state index in [1.54, 1.807) is 0 Å². The van der Waals surface area contributed by atoms with Crippen molar-refractivity contribution in [2.75, 3.05) is 0 Å². The fourth-order valence-electron chi connectivity index (χ4n) is 7.28. The summed E-state index contributed by atoms with van der Waals surface area (Å²) in [5.41, 5.74) is -0.563. The summed E-state index contributed by atoms with van der Waals surface area (Å²) in [6.45, 7) is 10.8. The van der Waals surface area contributed by atoms with Gasteiger partial charge in [0.1, 0.15) is 17.9 Å². The van der Waals surface area contributed by atoms with Crippen LogP contribution >= 0.6 is 0 Å². The van der Waals surface area contributed by atoms with Crippen LogP contribution in [0.15, 0.2) is 0 Å².